The van der Waals surface area contributed by atoms with Crippen molar-refractivity contribution in [2.24, 2.45) is 0 Å². The lowest BCUT2D eigenvalue weighted by molar-refractivity contribution is 0.594. The fourth-order valence-electron chi connectivity index (χ4n) is 1.96. The van der Waals surface area contributed by atoms with E-state index in [0.717, 1.165) is 0 Å². The monoisotopic (exact) mass is 301 g/mol. The van der Waals surface area contributed by atoms with Crippen LogP contribution in [0.25, 0.3) is 0 Å². The largest absolute Gasteiger partial charge is 0.387 e. The second-order valence-corrected chi connectivity index (χ2v) is 6.32. The first kappa shape index (κ1) is 14.9. The summed E-state index contributed by atoms with van der Waals surface area (Å²) in [6.07, 6.45) is 0. The smallest absolute Gasteiger partial charge is 0.266 e. The van der Waals surface area contributed by atoms with Gasteiger partial charge in [0.15, 0.2) is 0 Å². The van der Waals surface area contributed by atoms with Crippen molar-refractivity contribution in [3.8, 4) is 6.07 Å². The average Bonchev–Trinajstić information content (AvgIpc) is 2.54. The van der Waals surface area contributed by atoms with Gasteiger partial charge in [-0.2, -0.15) is 5.26 Å². The van der Waals surface area contributed by atoms with Gasteiger partial charge < -0.3 is 5.32 Å². The van der Waals surface area contributed by atoms with Gasteiger partial charge in [-0.3, -0.25) is 4.31 Å². The number of nitrogens with one attached hydrogen (secondary N) is 1. The molecule has 21 heavy (non-hydrogen) atoms. The molecule has 5 nitrogen and oxygen atoms in total. The van der Waals surface area contributed by atoms with Crippen LogP contribution in [0.5, 0.6) is 0 Å². The van der Waals surface area contributed by atoms with Crippen LogP contribution >= 0.6 is 0 Å². The Morgan fingerprint density at radius 1 is 1.14 bits per heavy atom. The Bertz CT molecular complexity index is 795. The first-order valence-electron chi connectivity index (χ1n) is 6.26. The van der Waals surface area contributed by atoms with Crippen LogP contribution in [-0.2, 0) is 10.0 Å². The Labute approximate surface area is 124 Å². The molecule has 2 aromatic carbocycles. The zero-order chi connectivity index (χ0) is 15.5. The van der Waals surface area contributed by atoms with Crippen molar-refractivity contribution in [2.45, 2.75) is 4.90 Å². The van der Waals surface area contributed by atoms with Crippen LogP contribution < -0.4 is 9.62 Å². The summed E-state index contributed by atoms with van der Waals surface area (Å²) in [5.74, 6) is 0. The number of hydrogen-bond donors (Lipinski definition) is 1. The van der Waals surface area contributed by atoms with Crippen LogP contribution in [-0.4, -0.2) is 22.5 Å². The standard InChI is InChI=1S/C15H15N3O2S/c1-17-14-8-3-4-9-15(14)21(19,20)18(2)13-7-5-6-12(10-13)11-16/h3-10,17H,1-2H3. The Kier molecular flexibility index (Phi) is 4.15. The molecule has 1 N–H and O–H groups in total. The summed E-state index contributed by atoms with van der Waals surface area (Å²) >= 11 is 0. The van der Waals surface area contributed by atoms with Crippen molar-refractivity contribution < 1.29 is 8.42 Å². The fraction of sp³-hybridized carbons (Fsp3) is 0.133. The lowest BCUT2D eigenvalue weighted by atomic mass is 10.2. The molecular weight excluding hydrogens is 286 g/mol. The van der Waals surface area contributed by atoms with Crippen molar-refractivity contribution >= 4 is 21.4 Å². The molecule has 0 saturated carbocycles. The number of benzene rings is 2. The summed E-state index contributed by atoms with van der Waals surface area (Å²) in [5.41, 5.74) is 1.39. The topological polar surface area (TPSA) is 73.2 Å². The summed E-state index contributed by atoms with van der Waals surface area (Å²) in [6.45, 7) is 0. The highest BCUT2D eigenvalue weighted by atomic mass is 32.2. The van der Waals surface area contributed by atoms with Gasteiger partial charge in [0.25, 0.3) is 10.0 Å². The van der Waals surface area contributed by atoms with E-state index in [1.165, 1.54) is 11.4 Å². The predicted molar refractivity (Wildman–Crippen MR) is 82.7 cm³/mol. The molecule has 0 aliphatic carbocycles. The van der Waals surface area contributed by atoms with Gasteiger partial charge in [-0.1, -0.05) is 18.2 Å². The minimum Gasteiger partial charge on any atom is -0.387 e. The Morgan fingerprint density at radius 3 is 2.52 bits per heavy atom. The lowest BCUT2D eigenvalue weighted by Crippen LogP contribution is -2.27. The minimum atomic E-state index is -3.70. The molecule has 0 saturated heterocycles. The Balaban J connectivity index is 2.50. The quantitative estimate of drug-likeness (QED) is 0.941. The van der Waals surface area contributed by atoms with E-state index in [-0.39, 0.29) is 4.90 Å². The molecule has 0 aliphatic rings. The van der Waals surface area contributed by atoms with E-state index in [2.05, 4.69) is 5.32 Å². The maximum absolute atomic E-state index is 12.7. The maximum Gasteiger partial charge on any atom is 0.266 e. The molecule has 0 radical (unpaired) electrons. The van der Waals surface area contributed by atoms with Crippen LogP contribution in [0.1, 0.15) is 5.56 Å². The highest BCUT2D eigenvalue weighted by molar-refractivity contribution is 7.93. The van der Waals surface area contributed by atoms with Crippen LogP contribution in [0, 0.1) is 11.3 Å². The molecule has 0 spiro atoms. The highest BCUT2D eigenvalue weighted by Gasteiger charge is 2.24. The average molecular weight is 301 g/mol. The molecule has 0 amide bonds. The molecule has 0 atom stereocenters. The van der Waals surface area contributed by atoms with Gasteiger partial charge in [0, 0.05) is 14.1 Å². The SMILES string of the molecule is CNc1ccccc1S(=O)(=O)N(C)c1cccc(C#N)c1. The van der Waals surface area contributed by atoms with Gasteiger partial charge in [0.05, 0.1) is 23.0 Å². The second kappa shape index (κ2) is 5.85. The van der Waals surface area contributed by atoms with Gasteiger partial charge >= 0.3 is 0 Å². The zero-order valence-electron chi connectivity index (χ0n) is 11.7. The number of nitriles is 1. The van der Waals surface area contributed by atoms with E-state index in [0.29, 0.717) is 16.9 Å². The number of nitrogens with zero attached hydrogens (tertiary/aromatic N) is 2. The van der Waals surface area contributed by atoms with Crippen molar-refractivity contribution in [3.63, 3.8) is 0 Å². The van der Waals surface area contributed by atoms with Crippen molar-refractivity contribution in [1.29, 1.82) is 5.26 Å². The summed E-state index contributed by atoms with van der Waals surface area (Å²) in [7, 11) is -0.557. The number of sulfonamides is 1. The molecule has 6 heteroatoms. The van der Waals surface area contributed by atoms with Gasteiger partial charge in [0.1, 0.15) is 4.90 Å². The number of anilines is 2. The van der Waals surface area contributed by atoms with Gasteiger partial charge in [0.2, 0.25) is 0 Å². The maximum atomic E-state index is 12.7. The van der Waals surface area contributed by atoms with E-state index < -0.39 is 10.0 Å². The van der Waals surface area contributed by atoms with Crippen LogP contribution in [0.4, 0.5) is 11.4 Å². The molecule has 0 heterocycles. The van der Waals surface area contributed by atoms with Crippen LogP contribution in [0.15, 0.2) is 53.4 Å². The summed E-state index contributed by atoms with van der Waals surface area (Å²) in [6, 6.07) is 15.2. The minimum absolute atomic E-state index is 0.192. The van der Waals surface area contributed by atoms with Crippen LogP contribution in [0.3, 0.4) is 0 Å². The summed E-state index contributed by atoms with van der Waals surface area (Å²) < 4.78 is 26.6. The molecule has 0 fully saturated rings. The third-order valence-electron chi connectivity index (χ3n) is 3.13. The molecule has 2 rings (SSSR count). The zero-order valence-corrected chi connectivity index (χ0v) is 12.6. The summed E-state index contributed by atoms with van der Waals surface area (Å²) in [4.78, 5) is 0.192. The van der Waals surface area contributed by atoms with E-state index in [4.69, 9.17) is 5.26 Å². The lowest BCUT2D eigenvalue weighted by Gasteiger charge is -2.21. The number of rotatable bonds is 4. The van der Waals surface area contributed by atoms with Gasteiger partial charge in [-0.25, -0.2) is 8.42 Å². The van der Waals surface area contributed by atoms with E-state index in [9.17, 15) is 8.42 Å². The Hall–Kier alpha value is -2.52. The predicted octanol–water partition coefficient (Wildman–Crippen LogP) is 2.43. The van der Waals surface area contributed by atoms with E-state index in [1.807, 2.05) is 6.07 Å². The molecule has 2 aromatic rings. The van der Waals surface area contributed by atoms with Crippen LogP contribution in [0.2, 0.25) is 0 Å². The normalized spacial score (nSPS) is 10.7. The van der Waals surface area contributed by atoms with Gasteiger partial charge in [-0.05, 0) is 30.3 Å². The van der Waals surface area contributed by atoms with E-state index >= 15 is 0 Å². The van der Waals surface area contributed by atoms with E-state index in [1.54, 1.807) is 55.6 Å². The summed E-state index contributed by atoms with van der Waals surface area (Å²) in [5, 5.41) is 11.8. The first-order chi connectivity index (χ1) is 10.0. The highest BCUT2D eigenvalue weighted by Crippen LogP contribution is 2.27. The first-order valence-corrected chi connectivity index (χ1v) is 7.70. The van der Waals surface area contributed by atoms with Gasteiger partial charge in [-0.15, -0.1) is 0 Å². The molecule has 0 aliphatic heterocycles. The molecule has 0 aromatic heterocycles. The third-order valence-corrected chi connectivity index (χ3v) is 4.98. The number of hydrogen-bond acceptors (Lipinski definition) is 4. The Morgan fingerprint density at radius 2 is 1.86 bits per heavy atom. The number of para-hydroxylation sites is 1. The van der Waals surface area contributed by atoms with Crippen molar-refractivity contribution in [3.05, 3.63) is 54.1 Å². The second-order valence-electron chi connectivity index (χ2n) is 4.38. The fourth-order valence-corrected chi connectivity index (χ4v) is 3.34. The molecule has 108 valence electrons. The molecular formula is C15H15N3O2S. The van der Waals surface area contributed by atoms with Crippen molar-refractivity contribution in [1.82, 2.24) is 0 Å². The molecule has 0 unspecified atom stereocenters. The third kappa shape index (κ3) is 2.83. The van der Waals surface area contributed by atoms with Crippen molar-refractivity contribution in [2.75, 3.05) is 23.7 Å². The molecule has 0 bridgehead atoms.